The number of aromatic nitrogens is 3. The molecule has 0 saturated carbocycles. The lowest BCUT2D eigenvalue weighted by molar-refractivity contribution is 1.07. The maximum Gasteiger partial charge on any atom is 0.164 e. The van der Waals surface area contributed by atoms with Gasteiger partial charge in [-0.3, -0.25) is 0 Å². The first kappa shape index (κ1) is 29.0. The van der Waals surface area contributed by atoms with Crippen molar-refractivity contribution in [3.63, 3.8) is 0 Å². The van der Waals surface area contributed by atoms with Crippen LogP contribution in [-0.2, 0) is 0 Å². The predicted octanol–water partition coefficient (Wildman–Crippen LogP) is 11.5. The first-order valence-electron chi connectivity index (χ1n) is 16.1. The van der Waals surface area contributed by atoms with Crippen molar-refractivity contribution in [3.8, 4) is 78.7 Å². The summed E-state index contributed by atoms with van der Waals surface area (Å²) in [6.07, 6.45) is 0. The number of benzene rings is 7. The average Bonchev–Trinajstić information content (AvgIpc) is 3.19. The fourth-order valence-electron chi connectivity index (χ4n) is 6.15. The summed E-state index contributed by atoms with van der Waals surface area (Å²) in [7, 11) is 0. The van der Waals surface area contributed by atoms with E-state index in [1.165, 1.54) is 33.4 Å². The van der Waals surface area contributed by atoms with Gasteiger partial charge < -0.3 is 0 Å². The van der Waals surface area contributed by atoms with Crippen LogP contribution in [0.1, 0.15) is 0 Å². The Balaban J connectivity index is 1.18. The van der Waals surface area contributed by atoms with Crippen LogP contribution in [0.15, 0.2) is 188 Å². The number of hydrogen-bond donors (Lipinski definition) is 0. The molecule has 0 N–H and O–H groups in total. The van der Waals surface area contributed by atoms with Gasteiger partial charge in [-0.2, -0.15) is 0 Å². The van der Waals surface area contributed by atoms with Crippen molar-refractivity contribution in [2.75, 3.05) is 0 Å². The third kappa shape index (κ3) is 5.93. The molecule has 0 saturated heterocycles. The van der Waals surface area contributed by atoms with Gasteiger partial charge in [0.2, 0.25) is 0 Å². The molecular weight excluding hydrogens is 583 g/mol. The van der Waals surface area contributed by atoms with Gasteiger partial charge >= 0.3 is 0 Å². The molecule has 0 bridgehead atoms. The second kappa shape index (κ2) is 13.1. The number of hydrogen-bond acceptors (Lipinski definition) is 3. The van der Waals surface area contributed by atoms with E-state index in [0.717, 1.165) is 27.8 Å². The van der Waals surface area contributed by atoms with Crippen LogP contribution < -0.4 is 0 Å². The molecule has 0 aliphatic rings. The highest BCUT2D eigenvalue weighted by Gasteiger charge is 2.15. The van der Waals surface area contributed by atoms with E-state index in [2.05, 4.69) is 152 Å². The molecule has 3 heteroatoms. The van der Waals surface area contributed by atoms with Gasteiger partial charge in [0.05, 0.1) is 0 Å². The lowest BCUT2D eigenvalue weighted by Crippen LogP contribution is -2.00. The van der Waals surface area contributed by atoms with E-state index in [1.54, 1.807) is 0 Å². The third-order valence-electron chi connectivity index (χ3n) is 8.60. The highest BCUT2D eigenvalue weighted by atomic mass is 15.0. The molecule has 48 heavy (non-hydrogen) atoms. The van der Waals surface area contributed by atoms with Gasteiger partial charge in [0.1, 0.15) is 0 Å². The topological polar surface area (TPSA) is 38.7 Å². The Morgan fingerprint density at radius 3 is 0.875 bits per heavy atom. The molecule has 0 radical (unpaired) electrons. The van der Waals surface area contributed by atoms with E-state index in [0.29, 0.717) is 17.5 Å². The summed E-state index contributed by atoms with van der Waals surface area (Å²) in [6.45, 7) is 0. The molecular formula is C45H31N3. The molecule has 1 aromatic heterocycles. The van der Waals surface area contributed by atoms with Crippen LogP contribution in [0.25, 0.3) is 78.7 Å². The Kier molecular flexibility index (Phi) is 7.92. The van der Waals surface area contributed by atoms with E-state index in [1.807, 2.05) is 36.4 Å². The first-order valence-corrected chi connectivity index (χ1v) is 16.1. The molecule has 7 aromatic carbocycles. The van der Waals surface area contributed by atoms with Crippen LogP contribution >= 0.6 is 0 Å². The zero-order valence-corrected chi connectivity index (χ0v) is 26.2. The molecule has 8 aromatic rings. The van der Waals surface area contributed by atoms with Gasteiger partial charge in [0.25, 0.3) is 0 Å². The molecule has 0 amide bonds. The second-order valence-electron chi connectivity index (χ2n) is 11.7. The van der Waals surface area contributed by atoms with E-state index in [4.69, 9.17) is 15.0 Å². The molecule has 3 nitrogen and oxygen atoms in total. The average molecular weight is 614 g/mol. The maximum absolute atomic E-state index is 4.99. The van der Waals surface area contributed by atoms with Crippen LogP contribution in [-0.4, -0.2) is 15.0 Å². The molecule has 1 heterocycles. The van der Waals surface area contributed by atoms with E-state index >= 15 is 0 Å². The van der Waals surface area contributed by atoms with Gasteiger partial charge in [0, 0.05) is 16.7 Å². The molecule has 0 atom stereocenters. The molecule has 0 fully saturated rings. The van der Waals surface area contributed by atoms with E-state index in [9.17, 15) is 0 Å². The number of nitrogens with zero attached hydrogens (tertiary/aromatic N) is 3. The van der Waals surface area contributed by atoms with Gasteiger partial charge in [-0.25, -0.2) is 15.0 Å². The van der Waals surface area contributed by atoms with Crippen molar-refractivity contribution >= 4 is 0 Å². The minimum absolute atomic E-state index is 0.639. The summed E-state index contributed by atoms with van der Waals surface area (Å²) in [6, 6.07) is 65.3. The summed E-state index contributed by atoms with van der Waals surface area (Å²) >= 11 is 0. The minimum atomic E-state index is 0.639. The molecule has 0 aliphatic heterocycles. The highest BCUT2D eigenvalue weighted by molar-refractivity contribution is 5.91. The van der Waals surface area contributed by atoms with Gasteiger partial charge in [-0.05, 0) is 44.5 Å². The number of rotatable bonds is 7. The molecule has 0 aliphatic carbocycles. The van der Waals surface area contributed by atoms with E-state index in [-0.39, 0.29) is 0 Å². The van der Waals surface area contributed by atoms with Crippen LogP contribution in [0.5, 0.6) is 0 Å². The smallest absolute Gasteiger partial charge is 0.164 e. The zero-order chi connectivity index (χ0) is 32.1. The summed E-state index contributed by atoms with van der Waals surface area (Å²) in [4.78, 5) is 14.9. The lowest BCUT2D eigenvalue weighted by Gasteiger charge is -2.15. The highest BCUT2D eigenvalue weighted by Crippen LogP contribution is 2.38. The van der Waals surface area contributed by atoms with Gasteiger partial charge in [-0.15, -0.1) is 0 Å². The van der Waals surface area contributed by atoms with Crippen molar-refractivity contribution < 1.29 is 0 Å². The molecule has 8 rings (SSSR count). The molecule has 0 unspecified atom stereocenters. The lowest BCUT2D eigenvalue weighted by atomic mass is 9.89. The van der Waals surface area contributed by atoms with Crippen LogP contribution in [0.3, 0.4) is 0 Å². The Labute approximate surface area is 280 Å². The Hall–Kier alpha value is -6.45. The van der Waals surface area contributed by atoms with Crippen LogP contribution in [0, 0.1) is 0 Å². The molecule has 0 spiro atoms. The van der Waals surface area contributed by atoms with Crippen molar-refractivity contribution in [3.05, 3.63) is 188 Å². The second-order valence-corrected chi connectivity index (χ2v) is 11.7. The largest absolute Gasteiger partial charge is 0.208 e. The summed E-state index contributed by atoms with van der Waals surface area (Å²) in [5, 5.41) is 0. The van der Waals surface area contributed by atoms with Gasteiger partial charge in [-0.1, -0.05) is 188 Å². The van der Waals surface area contributed by atoms with Crippen molar-refractivity contribution in [1.29, 1.82) is 0 Å². The van der Waals surface area contributed by atoms with E-state index < -0.39 is 0 Å². The SMILES string of the molecule is c1ccc(-c2ccc(-c3nc(-c4ccccc4)nc(-c4ccc(-c5ccccc5-c5ccccc5-c5ccccc5)cc4)n3)cc2)cc1. The predicted molar refractivity (Wildman–Crippen MR) is 198 cm³/mol. The summed E-state index contributed by atoms with van der Waals surface area (Å²) in [5.74, 6) is 1.93. The summed E-state index contributed by atoms with van der Waals surface area (Å²) in [5.41, 5.74) is 12.3. The molecule has 226 valence electrons. The van der Waals surface area contributed by atoms with Crippen molar-refractivity contribution in [1.82, 2.24) is 15.0 Å². The Bertz CT molecular complexity index is 2300. The standard InChI is InChI=1S/C45H31N3/c1-4-14-32(15-5-1)33-24-28-37(29-25-33)44-46-43(36-18-8-3-9-19-36)47-45(48-44)38-30-26-35(27-31-38)40-21-11-13-23-42(40)41-22-12-10-20-39(41)34-16-6-2-7-17-34/h1-31H. The quantitative estimate of drug-likeness (QED) is 0.179. The third-order valence-corrected chi connectivity index (χ3v) is 8.60. The van der Waals surface area contributed by atoms with Crippen LogP contribution in [0.2, 0.25) is 0 Å². The first-order chi connectivity index (χ1) is 23.8. The maximum atomic E-state index is 4.99. The van der Waals surface area contributed by atoms with Crippen molar-refractivity contribution in [2.24, 2.45) is 0 Å². The fraction of sp³-hybridized carbons (Fsp3) is 0. The monoisotopic (exact) mass is 613 g/mol. The fourth-order valence-corrected chi connectivity index (χ4v) is 6.15. The zero-order valence-electron chi connectivity index (χ0n) is 26.2. The Morgan fingerprint density at radius 1 is 0.188 bits per heavy atom. The van der Waals surface area contributed by atoms with Gasteiger partial charge in [0.15, 0.2) is 17.5 Å². The van der Waals surface area contributed by atoms with Crippen LogP contribution in [0.4, 0.5) is 0 Å². The summed E-state index contributed by atoms with van der Waals surface area (Å²) < 4.78 is 0. The minimum Gasteiger partial charge on any atom is -0.208 e. The van der Waals surface area contributed by atoms with Crippen molar-refractivity contribution in [2.45, 2.75) is 0 Å². The normalized spacial score (nSPS) is 10.9. The Morgan fingerprint density at radius 2 is 0.438 bits per heavy atom.